The highest BCUT2D eigenvalue weighted by atomic mass is 16.6. The standard InChI is InChI=1S/C19H18N2O7/c1-11-2-3-12(8-14(11)22)18(24)28-10-17(23)21-19(25)20-13-4-5-15-16(9-13)27-7-6-26-15/h2-5,8-9,22H,6-7,10H2,1H3,(H2,20,21,23,25). The second kappa shape index (κ2) is 8.30. The monoisotopic (exact) mass is 386 g/mol. The fourth-order valence-corrected chi connectivity index (χ4v) is 2.40. The number of carbonyl (C=O) groups excluding carboxylic acids is 3. The first-order valence-corrected chi connectivity index (χ1v) is 8.39. The Bertz CT molecular complexity index is 926. The molecule has 3 amide bonds. The van der Waals surface area contributed by atoms with E-state index in [9.17, 15) is 19.5 Å². The highest BCUT2D eigenvalue weighted by Crippen LogP contribution is 2.32. The Morgan fingerprint density at radius 2 is 1.82 bits per heavy atom. The van der Waals surface area contributed by atoms with E-state index in [1.807, 2.05) is 5.32 Å². The van der Waals surface area contributed by atoms with Crippen molar-refractivity contribution in [3.63, 3.8) is 0 Å². The van der Waals surface area contributed by atoms with Gasteiger partial charge in [0.15, 0.2) is 18.1 Å². The number of fused-ring (bicyclic) bond motifs is 1. The Balaban J connectivity index is 1.48. The summed E-state index contributed by atoms with van der Waals surface area (Å²) >= 11 is 0. The van der Waals surface area contributed by atoms with Crippen LogP contribution in [-0.2, 0) is 9.53 Å². The molecule has 1 aliphatic heterocycles. The largest absolute Gasteiger partial charge is 0.508 e. The van der Waals surface area contributed by atoms with Gasteiger partial charge >= 0.3 is 12.0 Å². The predicted molar refractivity (Wildman–Crippen MR) is 97.7 cm³/mol. The highest BCUT2D eigenvalue weighted by molar-refractivity contribution is 6.02. The molecule has 0 fully saturated rings. The molecule has 146 valence electrons. The number of amides is 3. The number of phenolic OH excluding ortho intramolecular Hbond substituents is 1. The average molecular weight is 386 g/mol. The molecule has 0 saturated heterocycles. The average Bonchev–Trinajstić information content (AvgIpc) is 2.68. The van der Waals surface area contributed by atoms with Crippen LogP contribution in [0.25, 0.3) is 0 Å². The van der Waals surface area contributed by atoms with Crippen molar-refractivity contribution >= 4 is 23.6 Å². The van der Waals surface area contributed by atoms with E-state index in [4.69, 9.17) is 14.2 Å². The summed E-state index contributed by atoms with van der Waals surface area (Å²) in [6.07, 6.45) is 0. The molecule has 0 spiro atoms. The Labute approximate surface area is 160 Å². The number of imide groups is 1. The molecule has 0 radical (unpaired) electrons. The number of anilines is 1. The Kier molecular flexibility index (Phi) is 5.64. The van der Waals surface area contributed by atoms with Gasteiger partial charge in [-0.2, -0.15) is 0 Å². The van der Waals surface area contributed by atoms with Gasteiger partial charge in [0.1, 0.15) is 19.0 Å². The lowest BCUT2D eigenvalue weighted by molar-refractivity contribution is -0.123. The summed E-state index contributed by atoms with van der Waals surface area (Å²) in [6.45, 7) is 1.89. The lowest BCUT2D eigenvalue weighted by Gasteiger charge is -2.19. The van der Waals surface area contributed by atoms with Gasteiger partial charge in [0.2, 0.25) is 0 Å². The van der Waals surface area contributed by atoms with E-state index in [1.165, 1.54) is 12.1 Å². The number of hydrogen-bond acceptors (Lipinski definition) is 7. The van der Waals surface area contributed by atoms with Crippen LogP contribution < -0.4 is 20.1 Å². The SMILES string of the molecule is Cc1ccc(C(=O)OCC(=O)NC(=O)Nc2ccc3c(c2)OCCO3)cc1O. The van der Waals surface area contributed by atoms with Gasteiger partial charge in [-0.3, -0.25) is 10.1 Å². The van der Waals surface area contributed by atoms with Crippen LogP contribution in [0.4, 0.5) is 10.5 Å². The second-order valence-electron chi connectivity index (χ2n) is 5.94. The Morgan fingerprint density at radius 1 is 1.07 bits per heavy atom. The summed E-state index contributed by atoms with van der Waals surface area (Å²) < 4.78 is 15.6. The molecule has 2 aromatic carbocycles. The third-order valence-corrected chi connectivity index (χ3v) is 3.83. The van der Waals surface area contributed by atoms with Crippen molar-refractivity contribution in [1.82, 2.24) is 5.32 Å². The summed E-state index contributed by atoms with van der Waals surface area (Å²) in [7, 11) is 0. The molecule has 0 aliphatic carbocycles. The van der Waals surface area contributed by atoms with Crippen molar-refractivity contribution in [2.45, 2.75) is 6.92 Å². The third-order valence-electron chi connectivity index (χ3n) is 3.83. The molecule has 0 bridgehead atoms. The van der Waals surface area contributed by atoms with Crippen molar-refractivity contribution in [1.29, 1.82) is 0 Å². The van der Waals surface area contributed by atoms with E-state index >= 15 is 0 Å². The van der Waals surface area contributed by atoms with Crippen molar-refractivity contribution < 1.29 is 33.7 Å². The number of carbonyl (C=O) groups is 3. The fraction of sp³-hybridized carbons (Fsp3) is 0.211. The fourth-order valence-electron chi connectivity index (χ4n) is 2.40. The minimum absolute atomic E-state index is 0.0577. The summed E-state index contributed by atoms with van der Waals surface area (Å²) in [5.41, 5.74) is 1.10. The van der Waals surface area contributed by atoms with Crippen LogP contribution in [0.15, 0.2) is 36.4 Å². The third kappa shape index (κ3) is 4.70. The minimum atomic E-state index is -0.806. The quantitative estimate of drug-likeness (QED) is 0.687. The maximum Gasteiger partial charge on any atom is 0.338 e. The van der Waals surface area contributed by atoms with Crippen LogP contribution in [0.5, 0.6) is 17.2 Å². The number of ether oxygens (including phenoxy) is 3. The molecule has 1 heterocycles. The number of benzene rings is 2. The van der Waals surface area contributed by atoms with Crippen LogP contribution in [0.3, 0.4) is 0 Å². The molecule has 3 N–H and O–H groups in total. The first kappa shape index (κ1) is 19.0. The molecule has 0 saturated carbocycles. The van der Waals surface area contributed by atoms with E-state index in [2.05, 4.69) is 5.32 Å². The topological polar surface area (TPSA) is 123 Å². The van der Waals surface area contributed by atoms with Crippen molar-refractivity contribution in [3.05, 3.63) is 47.5 Å². The molecule has 28 heavy (non-hydrogen) atoms. The van der Waals surface area contributed by atoms with Gasteiger partial charge in [-0.15, -0.1) is 0 Å². The number of hydrogen-bond donors (Lipinski definition) is 3. The van der Waals surface area contributed by atoms with E-state index in [0.29, 0.717) is 36.0 Å². The predicted octanol–water partition coefficient (Wildman–Crippen LogP) is 1.98. The molecule has 0 unspecified atom stereocenters. The Hall–Kier alpha value is -3.75. The molecule has 9 nitrogen and oxygen atoms in total. The van der Waals surface area contributed by atoms with Crippen molar-refractivity contribution in [2.24, 2.45) is 0 Å². The number of aromatic hydroxyl groups is 1. The van der Waals surface area contributed by atoms with Gasteiger partial charge in [-0.25, -0.2) is 9.59 Å². The van der Waals surface area contributed by atoms with E-state index < -0.39 is 24.5 Å². The molecule has 9 heteroatoms. The minimum Gasteiger partial charge on any atom is -0.508 e. The van der Waals surface area contributed by atoms with Crippen LogP contribution in [0.2, 0.25) is 0 Å². The number of phenols is 1. The first-order valence-electron chi connectivity index (χ1n) is 8.39. The maximum atomic E-state index is 11.9. The highest BCUT2D eigenvalue weighted by Gasteiger charge is 2.15. The van der Waals surface area contributed by atoms with Crippen LogP contribution >= 0.6 is 0 Å². The zero-order valence-electron chi connectivity index (χ0n) is 15.0. The molecule has 0 aromatic heterocycles. The summed E-state index contributed by atoms with van der Waals surface area (Å²) in [5, 5.41) is 14.1. The van der Waals surface area contributed by atoms with Gasteiger partial charge in [0, 0.05) is 11.8 Å². The van der Waals surface area contributed by atoms with Crippen molar-refractivity contribution in [2.75, 3.05) is 25.1 Å². The molecule has 2 aromatic rings. The van der Waals surface area contributed by atoms with E-state index in [1.54, 1.807) is 31.2 Å². The first-order chi connectivity index (χ1) is 13.4. The lowest BCUT2D eigenvalue weighted by Crippen LogP contribution is -2.37. The normalized spacial score (nSPS) is 12.0. The van der Waals surface area contributed by atoms with Gasteiger partial charge in [0.25, 0.3) is 5.91 Å². The number of rotatable bonds is 4. The van der Waals surface area contributed by atoms with Crippen molar-refractivity contribution in [3.8, 4) is 17.2 Å². The smallest absolute Gasteiger partial charge is 0.338 e. The molecule has 3 rings (SSSR count). The lowest BCUT2D eigenvalue weighted by atomic mass is 10.1. The summed E-state index contributed by atoms with van der Waals surface area (Å²) in [6, 6.07) is 8.28. The Morgan fingerprint density at radius 3 is 2.57 bits per heavy atom. The van der Waals surface area contributed by atoms with E-state index in [-0.39, 0.29) is 11.3 Å². The molecular formula is C19H18N2O7. The summed E-state index contributed by atoms with van der Waals surface area (Å²) in [4.78, 5) is 35.6. The number of aryl methyl sites for hydroxylation is 1. The van der Waals surface area contributed by atoms with Crippen LogP contribution in [-0.4, -0.2) is 42.8 Å². The van der Waals surface area contributed by atoms with Gasteiger partial charge in [-0.05, 0) is 36.8 Å². The maximum absolute atomic E-state index is 11.9. The molecule has 0 atom stereocenters. The van der Waals surface area contributed by atoms with E-state index in [0.717, 1.165) is 0 Å². The number of urea groups is 1. The zero-order valence-corrected chi connectivity index (χ0v) is 15.0. The molecule has 1 aliphatic rings. The number of nitrogens with one attached hydrogen (secondary N) is 2. The van der Waals surface area contributed by atoms with Gasteiger partial charge in [0.05, 0.1) is 5.56 Å². The second-order valence-corrected chi connectivity index (χ2v) is 5.94. The summed E-state index contributed by atoms with van der Waals surface area (Å²) in [5.74, 6) is -0.594. The van der Waals surface area contributed by atoms with Gasteiger partial charge < -0.3 is 24.6 Å². The molecular weight excluding hydrogens is 368 g/mol. The zero-order chi connectivity index (χ0) is 20.1. The van der Waals surface area contributed by atoms with Crippen LogP contribution in [0.1, 0.15) is 15.9 Å². The van der Waals surface area contributed by atoms with Gasteiger partial charge in [-0.1, -0.05) is 6.07 Å². The number of esters is 1. The van der Waals surface area contributed by atoms with Crippen LogP contribution in [0, 0.1) is 6.92 Å².